The molecule has 0 aliphatic carbocycles. The SMILES string of the molecule is CC(C)NC(=O)CN1CCN2c3ccc(C(F)(F)F)cc3CC3(C(=O)OC(C)(C)OC3=O)C2C1. The van der Waals surface area contributed by atoms with Gasteiger partial charge >= 0.3 is 18.1 Å². The Bertz CT molecular complexity index is 1000. The normalized spacial score (nSPS) is 23.8. The van der Waals surface area contributed by atoms with Crippen LogP contribution in [0.1, 0.15) is 38.8 Å². The van der Waals surface area contributed by atoms with Gasteiger partial charge in [-0.05, 0) is 37.6 Å². The van der Waals surface area contributed by atoms with Crippen molar-refractivity contribution in [2.24, 2.45) is 5.41 Å². The van der Waals surface area contributed by atoms with Crippen LogP contribution in [0.2, 0.25) is 0 Å². The van der Waals surface area contributed by atoms with Crippen LogP contribution in [-0.2, 0) is 36.5 Å². The molecule has 3 heterocycles. The van der Waals surface area contributed by atoms with Crippen LogP contribution in [0.5, 0.6) is 0 Å². The van der Waals surface area contributed by atoms with E-state index in [9.17, 15) is 27.6 Å². The number of carbonyl (C=O) groups excluding carboxylic acids is 3. The number of hydrogen-bond donors (Lipinski definition) is 1. The van der Waals surface area contributed by atoms with Gasteiger partial charge in [0.05, 0.1) is 18.2 Å². The number of cyclic esters (lactones) is 2. The van der Waals surface area contributed by atoms with Gasteiger partial charge in [0.1, 0.15) is 0 Å². The Morgan fingerprint density at radius 2 is 1.82 bits per heavy atom. The molecule has 8 nitrogen and oxygen atoms in total. The van der Waals surface area contributed by atoms with Crippen LogP contribution in [-0.4, -0.2) is 66.8 Å². The number of fused-ring (bicyclic) bond motifs is 4. The summed E-state index contributed by atoms with van der Waals surface area (Å²) in [5.41, 5.74) is -1.95. The van der Waals surface area contributed by atoms with Crippen LogP contribution in [0.25, 0.3) is 0 Å². The number of nitrogens with one attached hydrogen (secondary N) is 1. The summed E-state index contributed by atoms with van der Waals surface area (Å²) in [4.78, 5) is 42.6. The van der Waals surface area contributed by atoms with Crippen LogP contribution in [0.4, 0.5) is 18.9 Å². The number of hydrogen-bond acceptors (Lipinski definition) is 7. The van der Waals surface area contributed by atoms with Crippen LogP contribution < -0.4 is 10.2 Å². The maximum Gasteiger partial charge on any atom is 0.416 e. The highest BCUT2D eigenvalue weighted by atomic mass is 19.4. The van der Waals surface area contributed by atoms with E-state index in [2.05, 4.69) is 5.32 Å². The largest absolute Gasteiger partial charge is 0.422 e. The highest BCUT2D eigenvalue weighted by Crippen LogP contribution is 2.48. The zero-order chi connectivity index (χ0) is 25.1. The molecule has 0 aromatic heterocycles. The maximum atomic E-state index is 13.4. The Hall–Kier alpha value is -2.82. The second kappa shape index (κ2) is 8.14. The summed E-state index contributed by atoms with van der Waals surface area (Å²) in [5, 5.41) is 2.81. The molecule has 1 aromatic rings. The molecule has 4 rings (SSSR count). The van der Waals surface area contributed by atoms with Gasteiger partial charge in [-0.25, -0.2) is 0 Å². The number of piperazine rings is 1. The number of carbonyl (C=O) groups is 3. The molecule has 3 aliphatic heterocycles. The summed E-state index contributed by atoms with van der Waals surface area (Å²) in [6.07, 6.45) is -4.86. The predicted octanol–water partition coefficient (Wildman–Crippen LogP) is 2.10. The van der Waals surface area contributed by atoms with E-state index in [1.165, 1.54) is 19.9 Å². The molecule has 34 heavy (non-hydrogen) atoms. The summed E-state index contributed by atoms with van der Waals surface area (Å²) in [6.45, 7) is 7.50. The minimum absolute atomic E-state index is 0.0463. The van der Waals surface area contributed by atoms with E-state index >= 15 is 0 Å². The number of nitrogens with zero attached hydrogens (tertiary/aromatic N) is 2. The maximum absolute atomic E-state index is 13.4. The van der Waals surface area contributed by atoms with Gasteiger partial charge in [-0.2, -0.15) is 13.2 Å². The highest BCUT2D eigenvalue weighted by molar-refractivity contribution is 6.04. The Kier molecular flexibility index (Phi) is 5.82. The average molecular weight is 483 g/mol. The summed E-state index contributed by atoms with van der Waals surface area (Å²) in [7, 11) is 0. The third-order valence-corrected chi connectivity index (χ3v) is 6.44. The Labute approximate surface area is 195 Å². The predicted molar refractivity (Wildman–Crippen MR) is 115 cm³/mol. The van der Waals surface area contributed by atoms with Gasteiger partial charge < -0.3 is 19.7 Å². The molecule has 1 amide bonds. The number of alkyl halides is 3. The van der Waals surface area contributed by atoms with Crippen molar-refractivity contribution < 1.29 is 37.0 Å². The summed E-state index contributed by atoms with van der Waals surface area (Å²) >= 11 is 0. The molecule has 2 fully saturated rings. The number of ether oxygens (including phenoxy) is 2. The Morgan fingerprint density at radius 1 is 1.18 bits per heavy atom. The van der Waals surface area contributed by atoms with Gasteiger partial charge in [0.15, 0.2) is 5.41 Å². The smallest absolute Gasteiger partial charge is 0.416 e. The molecule has 1 unspecified atom stereocenters. The fourth-order valence-electron chi connectivity index (χ4n) is 5.01. The molecule has 1 N–H and O–H groups in total. The number of esters is 2. The molecule has 2 saturated heterocycles. The molecule has 186 valence electrons. The molecular weight excluding hydrogens is 455 g/mol. The van der Waals surface area contributed by atoms with E-state index in [-0.39, 0.29) is 37.0 Å². The monoisotopic (exact) mass is 483 g/mol. The lowest BCUT2D eigenvalue weighted by atomic mass is 9.69. The first-order valence-electron chi connectivity index (χ1n) is 11.2. The van der Waals surface area contributed by atoms with Crippen molar-refractivity contribution in [2.45, 2.75) is 58.2 Å². The lowest BCUT2D eigenvalue weighted by Crippen LogP contribution is -2.71. The van der Waals surface area contributed by atoms with E-state index in [1.54, 1.807) is 4.90 Å². The fraction of sp³-hybridized carbons (Fsp3) is 0.609. The van der Waals surface area contributed by atoms with E-state index < -0.39 is 40.9 Å². The van der Waals surface area contributed by atoms with E-state index in [4.69, 9.17) is 9.47 Å². The van der Waals surface area contributed by atoms with Crippen LogP contribution in [0, 0.1) is 5.41 Å². The second-order valence-corrected chi connectivity index (χ2v) is 9.83. The number of benzene rings is 1. The third-order valence-electron chi connectivity index (χ3n) is 6.44. The van der Waals surface area contributed by atoms with Crippen LogP contribution >= 0.6 is 0 Å². The first-order valence-corrected chi connectivity index (χ1v) is 11.2. The zero-order valence-electron chi connectivity index (χ0n) is 19.5. The van der Waals surface area contributed by atoms with Crippen molar-refractivity contribution in [1.29, 1.82) is 0 Å². The van der Waals surface area contributed by atoms with Gasteiger partial charge in [0.2, 0.25) is 5.91 Å². The van der Waals surface area contributed by atoms with Crippen molar-refractivity contribution in [3.05, 3.63) is 29.3 Å². The van der Waals surface area contributed by atoms with Gasteiger partial charge in [0, 0.05) is 51.6 Å². The Morgan fingerprint density at radius 3 is 2.41 bits per heavy atom. The number of amides is 1. The quantitative estimate of drug-likeness (QED) is 0.520. The van der Waals surface area contributed by atoms with Crippen molar-refractivity contribution in [3.8, 4) is 0 Å². The number of halogens is 3. The molecule has 3 aliphatic rings. The molecule has 0 radical (unpaired) electrons. The van der Waals surface area contributed by atoms with Gasteiger partial charge in [-0.3, -0.25) is 19.3 Å². The lowest BCUT2D eigenvalue weighted by molar-refractivity contribution is -0.253. The zero-order valence-corrected chi connectivity index (χ0v) is 19.5. The molecule has 1 aromatic carbocycles. The molecular formula is C23H28F3N3O5. The summed E-state index contributed by atoms with van der Waals surface area (Å²) in [5.74, 6) is -3.34. The van der Waals surface area contributed by atoms with Crippen LogP contribution in [0.3, 0.4) is 0 Å². The lowest BCUT2D eigenvalue weighted by Gasteiger charge is -2.54. The van der Waals surface area contributed by atoms with E-state index in [1.807, 2.05) is 18.7 Å². The van der Waals surface area contributed by atoms with Crippen molar-refractivity contribution in [3.63, 3.8) is 0 Å². The number of rotatable bonds is 3. The molecule has 0 bridgehead atoms. The highest BCUT2D eigenvalue weighted by Gasteiger charge is 2.64. The van der Waals surface area contributed by atoms with Gasteiger partial charge in [-0.1, -0.05) is 0 Å². The minimum Gasteiger partial charge on any atom is -0.422 e. The van der Waals surface area contributed by atoms with Crippen LogP contribution in [0.15, 0.2) is 18.2 Å². The molecule has 1 spiro atoms. The molecule has 11 heteroatoms. The van der Waals surface area contributed by atoms with E-state index in [0.717, 1.165) is 12.1 Å². The topological polar surface area (TPSA) is 88.2 Å². The summed E-state index contributed by atoms with van der Waals surface area (Å²) < 4.78 is 51.1. The Balaban J connectivity index is 1.74. The van der Waals surface area contributed by atoms with Gasteiger partial charge in [0.25, 0.3) is 5.79 Å². The number of anilines is 1. The molecule has 1 atom stereocenters. The van der Waals surface area contributed by atoms with Gasteiger partial charge in [-0.15, -0.1) is 0 Å². The fourth-order valence-corrected chi connectivity index (χ4v) is 5.01. The van der Waals surface area contributed by atoms with Crippen molar-refractivity contribution in [2.75, 3.05) is 31.1 Å². The van der Waals surface area contributed by atoms with Crippen molar-refractivity contribution in [1.82, 2.24) is 10.2 Å². The van der Waals surface area contributed by atoms with E-state index in [0.29, 0.717) is 18.8 Å². The first-order chi connectivity index (χ1) is 15.7. The average Bonchev–Trinajstić information content (AvgIpc) is 2.69. The molecule has 0 saturated carbocycles. The summed E-state index contributed by atoms with van der Waals surface area (Å²) in [6, 6.07) is 2.54. The van der Waals surface area contributed by atoms with Crippen molar-refractivity contribution >= 4 is 23.5 Å². The minimum atomic E-state index is -4.57. The third kappa shape index (κ3) is 4.21. The second-order valence-electron chi connectivity index (χ2n) is 9.83. The first kappa shape index (κ1) is 24.3. The standard InChI is InChI=1S/C23H28F3N3O5/c1-13(2)27-18(30)12-28-7-8-29-16-6-5-15(23(24,25)26)9-14(16)10-22(17(29)11-28)19(31)33-21(3,4)34-20(22)32/h5-6,9,13,17H,7-8,10-12H2,1-4H3,(H,27,30).